The number of hydrogen-bond acceptors (Lipinski definition) is 5. The van der Waals surface area contributed by atoms with Gasteiger partial charge in [0.15, 0.2) is 5.76 Å². The number of carbonyl (C=O) groups is 1. The van der Waals surface area contributed by atoms with Crippen LogP contribution in [0.25, 0.3) is 0 Å². The van der Waals surface area contributed by atoms with Crippen molar-refractivity contribution in [1.29, 1.82) is 0 Å². The molecular weight excluding hydrogens is 350 g/mol. The molecule has 0 unspecified atom stereocenters. The van der Waals surface area contributed by atoms with Crippen LogP contribution in [0, 0.1) is 5.92 Å². The molecule has 1 saturated heterocycles. The zero-order valence-electron chi connectivity index (χ0n) is 15.4. The molecule has 144 valence electrons. The largest absolute Gasteiger partial charge is 0.459 e. The minimum Gasteiger partial charge on any atom is -0.459 e. The molecule has 0 bridgehead atoms. The fraction of sp³-hybridized carbons (Fsp3) is 0.650. The first-order valence-corrected chi connectivity index (χ1v) is 10.6. The average molecular weight is 380 g/mol. The molecule has 1 aromatic heterocycles. The van der Waals surface area contributed by atoms with Crippen LogP contribution in [0.1, 0.15) is 49.8 Å². The summed E-state index contributed by atoms with van der Waals surface area (Å²) in [6.07, 6.45) is 6.33. The van der Waals surface area contributed by atoms with Crippen molar-refractivity contribution >= 4 is 17.2 Å². The molecule has 3 heterocycles. The van der Waals surface area contributed by atoms with Crippen LogP contribution in [-0.4, -0.2) is 48.5 Å². The molecular formula is C20H29NO4S. The van der Waals surface area contributed by atoms with E-state index < -0.39 is 6.29 Å². The molecule has 0 spiro atoms. The van der Waals surface area contributed by atoms with E-state index >= 15 is 0 Å². The number of rotatable bonds is 7. The lowest BCUT2D eigenvalue weighted by Crippen LogP contribution is -2.42. The Balaban J connectivity index is 1.87. The summed E-state index contributed by atoms with van der Waals surface area (Å²) >= 11 is 1.69. The Morgan fingerprint density at radius 1 is 1.38 bits per heavy atom. The molecule has 1 aromatic rings. The van der Waals surface area contributed by atoms with Crippen molar-refractivity contribution in [1.82, 2.24) is 4.90 Å². The van der Waals surface area contributed by atoms with Crippen LogP contribution in [0.2, 0.25) is 0 Å². The first kappa shape index (κ1) is 19.4. The van der Waals surface area contributed by atoms with Crippen molar-refractivity contribution in [3.63, 3.8) is 0 Å². The van der Waals surface area contributed by atoms with Crippen LogP contribution >= 0.6 is 11.3 Å². The van der Waals surface area contributed by atoms with Gasteiger partial charge in [0.05, 0.1) is 0 Å². The Bertz CT molecular complexity index is 595. The van der Waals surface area contributed by atoms with Crippen molar-refractivity contribution in [2.24, 2.45) is 5.92 Å². The molecule has 1 fully saturated rings. The molecule has 2 aliphatic rings. The molecule has 5 nitrogen and oxygen atoms in total. The van der Waals surface area contributed by atoms with E-state index in [4.69, 9.17) is 9.47 Å². The van der Waals surface area contributed by atoms with Gasteiger partial charge in [0, 0.05) is 43.0 Å². The summed E-state index contributed by atoms with van der Waals surface area (Å²) < 4.78 is 11.9. The number of likely N-dealkylation sites (tertiary alicyclic amines) is 1. The standard InChI is InChI=1S/C20H29NO4S/c1-2-24-20-15(8-6-12-22)16(18-9-7-13-26-18)14-17(25-20)19(23)21-10-4-3-5-11-21/h7,9,13-16,20,22H,2-6,8,10-12H2,1H3/t15-,16-,20+/m0/s1. The predicted molar refractivity (Wildman–Crippen MR) is 102 cm³/mol. The molecule has 0 radical (unpaired) electrons. The molecule has 0 aromatic carbocycles. The normalized spacial score (nSPS) is 26.3. The van der Waals surface area contributed by atoms with Crippen LogP contribution in [0.4, 0.5) is 0 Å². The Hall–Kier alpha value is -1.37. The van der Waals surface area contributed by atoms with Gasteiger partial charge in [-0.15, -0.1) is 11.3 Å². The van der Waals surface area contributed by atoms with E-state index in [1.165, 1.54) is 11.3 Å². The maximum Gasteiger partial charge on any atom is 0.288 e. The number of nitrogens with zero attached hydrogens (tertiary/aromatic N) is 1. The number of carbonyl (C=O) groups excluding carboxylic acids is 1. The van der Waals surface area contributed by atoms with Crippen molar-refractivity contribution in [2.45, 2.75) is 51.2 Å². The SMILES string of the molecule is CCO[C@@H]1OC(C(=O)N2CCCCC2)=C[C@H](c2cccs2)[C@@H]1CCCO. The fourth-order valence-corrected chi connectivity index (χ4v) is 4.69. The van der Waals surface area contributed by atoms with Crippen LogP contribution < -0.4 is 0 Å². The van der Waals surface area contributed by atoms with Gasteiger partial charge >= 0.3 is 0 Å². The van der Waals surface area contributed by atoms with Crippen molar-refractivity contribution in [2.75, 3.05) is 26.3 Å². The van der Waals surface area contributed by atoms with Gasteiger partial charge in [0.25, 0.3) is 5.91 Å². The van der Waals surface area contributed by atoms with E-state index in [9.17, 15) is 9.90 Å². The highest BCUT2D eigenvalue weighted by molar-refractivity contribution is 7.10. The van der Waals surface area contributed by atoms with Gasteiger partial charge in [-0.3, -0.25) is 4.79 Å². The summed E-state index contributed by atoms with van der Waals surface area (Å²) in [6.45, 7) is 4.22. The number of aliphatic hydroxyl groups excluding tert-OH is 1. The Labute approximate surface area is 159 Å². The maximum atomic E-state index is 13.0. The summed E-state index contributed by atoms with van der Waals surface area (Å²) in [6, 6.07) is 4.14. The Morgan fingerprint density at radius 2 is 2.19 bits per heavy atom. The third-order valence-corrected chi connectivity index (χ3v) is 6.11. The molecule has 26 heavy (non-hydrogen) atoms. The number of amides is 1. The summed E-state index contributed by atoms with van der Waals surface area (Å²) in [5.41, 5.74) is 0. The first-order valence-electron chi connectivity index (χ1n) is 9.68. The first-order chi connectivity index (χ1) is 12.7. The molecule has 3 atom stereocenters. The second-order valence-corrected chi connectivity index (χ2v) is 7.88. The average Bonchev–Trinajstić information content (AvgIpc) is 3.21. The van der Waals surface area contributed by atoms with Crippen LogP contribution in [0.5, 0.6) is 0 Å². The van der Waals surface area contributed by atoms with E-state index in [1.807, 2.05) is 24.0 Å². The molecule has 2 aliphatic heterocycles. The highest BCUT2D eigenvalue weighted by Crippen LogP contribution is 2.41. The number of thiophene rings is 1. The molecule has 6 heteroatoms. The molecule has 0 aliphatic carbocycles. The van der Waals surface area contributed by atoms with Gasteiger partial charge in [0.2, 0.25) is 6.29 Å². The fourth-order valence-electron chi connectivity index (χ4n) is 3.82. The topological polar surface area (TPSA) is 59.0 Å². The molecule has 0 saturated carbocycles. The van der Waals surface area contributed by atoms with E-state index in [1.54, 1.807) is 11.3 Å². The maximum absolute atomic E-state index is 13.0. The van der Waals surface area contributed by atoms with Gasteiger partial charge in [-0.05, 0) is 56.6 Å². The monoisotopic (exact) mass is 379 g/mol. The summed E-state index contributed by atoms with van der Waals surface area (Å²) in [7, 11) is 0. The van der Waals surface area contributed by atoms with Crippen LogP contribution in [0.3, 0.4) is 0 Å². The quantitative estimate of drug-likeness (QED) is 0.788. The van der Waals surface area contributed by atoms with Gasteiger partial charge in [-0.2, -0.15) is 0 Å². The number of aliphatic hydroxyl groups is 1. The van der Waals surface area contributed by atoms with E-state index in [-0.39, 0.29) is 24.3 Å². The molecule has 3 rings (SSSR count). The van der Waals surface area contributed by atoms with Gasteiger partial charge < -0.3 is 19.5 Å². The van der Waals surface area contributed by atoms with E-state index in [2.05, 4.69) is 11.4 Å². The molecule has 1 amide bonds. The van der Waals surface area contributed by atoms with Crippen LogP contribution in [-0.2, 0) is 14.3 Å². The van der Waals surface area contributed by atoms with Crippen LogP contribution in [0.15, 0.2) is 29.3 Å². The third-order valence-electron chi connectivity index (χ3n) is 5.14. The summed E-state index contributed by atoms with van der Waals surface area (Å²) in [4.78, 5) is 16.1. The lowest BCUT2D eigenvalue weighted by molar-refractivity contribution is -0.170. The number of allylic oxidation sites excluding steroid dienone is 1. The van der Waals surface area contributed by atoms with Gasteiger partial charge in [0.1, 0.15) is 0 Å². The Morgan fingerprint density at radius 3 is 2.85 bits per heavy atom. The van der Waals surface area contributed by atoms with Gasteiger partial charge in [-0.25, -0.2) is 0 Å². The predicted octanol–water partition coefficient (Wildman–Crippen LogP) is 3.51. The van der Waals surface area contributed by atoms with Crippen molar-refractivity contribution in [3.05, 3.63) is 34.2 Å². The highest BCUT2D eigenvalue weighted by Gasteiger charge is 2.39. The second-order valence-electron chi connectivity index (χ2n) is 6.90. The summed E-state index contributed by atoms with van der Waals surface area (Å²) in [5.74, 6) is 0.579. The second kappa shape index (κ2) is 9.53. The lowest BCUT2D eigenvalue weighted by Gasteiger charge is -2.38. The zero-order chi connectivity index (χ0) is 18.4. The zero-order valence-corrected chi connectivity index (χ0v) is 16.2. The van der Waals surface area contributed by atoms with Crippen molar-refractivity contribution in [3.8, 4) is 0 Å². The number of hydrogen-bond donors (Lipinski definition) is 1. The minimum absolute atomic E-state index is 0.0171. The Kier molecular flexibility index (Phi) is 7.11. The van der Waals surface area contributed by atoms with E-state index in [0.717, 1.165) is 32.4 Å². The number of ether oxygens (including phenoxy) is 2. The smallest absolute Gasteiger partial charge is 0.288 e. The third kappa shape index (κ3) is 4.48. The minimum atomic E-state index is -0.451. The van der Waals surface area contributed by atoms with E-state index in [0.29, 0.717) is 18.8 Å². The lowest BCUT2D eigenvalue weighted by atomic mass is 9.84. The van der Waals surface area contributed by atoms with Gasteiger partial charge in [-0.1, -0.05) is 6.07 Å². The number of piperidine rings is 1. The molecule has 1 N–H and O–H groups in total. The summed E-state index contributed by atoms with van der Waals surface area (Å²) in [5, 5.41) is 11.3. The van der Waals surface area contributed by atoms with Crippen molar-refractivity contribution < 1.29 is 19.4 Å². The highest BCUT2D eigenvalue weighted by atomic mass is 32.1.